The summed E-state index contributed by atoms with van der Waals surface area (Å²) in [4.78, 5) is 10.2. The van der Waals surface area contributed by atoms with Crippen molar-refractivity contribution < 1.29 is 4.79 Å². The van der Waals surface area contributed by atoms with E-state index in [0.29, 0.717) is 17.8 Å². The van der Waals surface area contributed by atoms with Gasteiger partial charge in [0.05, 0.1) is 11.4 Å². The number of amides is 1. The van der Waals surface area contributed by atoms with Gasteiger partial charge in [0.2, 0.25) is 6.41 Å². The summed E-state index contributed by atoms with van der Waals surface area (Å²) in [6, 6.07) is 5.76. The second-order valence-corrected chi connectivity index (χ2v) is 3.29. The lowest BCUT2D eigenvalue weighted by Crippen LogP contribution is -1.99. The number of benzene rings is 1. The molecular weight excluding hydrogens is 176 g/mol. The summed E-state index contributed by atoms with van der Waals surface area (Å²) in [6.07, 6.45) is 4.02. The minimum absolute atomic E-state index is 0.630. The van der Waals surface area contributed by atoms with Crippen molar-refractivity contribution in [2.75, 3.05) is 11.1 Å². The number of nitrogen functional groups attached to an aromatic ring is 1. The Hall–Kier alpha value is -1.51. The van der Waals surface area contributed by atoms with Crippen molar-refractivity contribution in [2.24, 2.45) is 0 Å². The van der Waals surface area contributed by atoms with E-state index in [9.17, 15) is 4.79 Å². The maximum Gasteiger partial charge on any atom is 0.211 e. The number of aryl methyl sites for hydroxylation is 1. The average molecular weight is 192 g/mol. The predicted octanol–water partition coefficient (Wildman–Crippen LogP) is 2.18. The number of hydrogen-bond donors (Lipinski definition) is 2. The van der Waals surface area contributed by atoms with Crippen LogP contribution in [0.4, 0.5) is 11.4 Å². The Balaban J connectivity index is 2.72. The third kappa shape index (κ3) is 2.76. The largest absolute Gasteiger partial charge is 0.397 e. The fourth-order valence-corrected chi connectivity index (χ4v) is 1.34. The normalized spacial score (nSPS) is 9.79. The zero-order valence-electron chi connectivity index (χ0n) is 8.42. The first kappa shape index (κ1) is 10.6. The van der Waals surface area contributed by atoms with Crippen LogP contribution in [0.15, 0.2) is 18.2 Å². The monoisotopic (exact) mass is 192 g/mol. The molecule has 3 N–H and O–H groups in total. The van der Waals surface area contributed by atoms with Gasteiger partial charge in [-0.05, 0) is 30.5 Å². The molecule has 1 amide bonds. The summed E-state index contributed by atoms with van der Waals surface area (Å²) >= 11 is 0. The van der Waals surface area contributed by atoms with Crippen molar-refractivity contribution >= 4 is 17.8 Å². The molecular formula is C11H16N2O. The lowest BCUT2D eigenvalue weighted by atomic mass is 10.1. The molecule has 0 heterocycles. The zero-order valence-corrected chi connectivity index (χ0v) is 8.42. The first-order valence-corrected chi connectivity index (χ1v) is 4.86. The smallest absolute Gasteiger partial charge is 0.211 e. The molecule has 0 spiro atoms. The molecule has 1 aromatic rings. The Morgan fingerprint density at radius 1 is 1.50 bits per heavy atom. The highest BCUT2D eigenvalue weighted by Crippen LogP contribution is 2.20. The Morgan fingerprint density at radius 3 is 2.86 bits per heavy atom. The van der Waals surface area contributed by atoms with Crippen LogP contribution in [-0.2, 0) is 11.2 Å². The Labute approximate surface area is 84.3 Å². The van der Waals surface area contributed by atoms with Gasteiger partial charge in [-0.1, -0.05) is 19.4 Å². The second kappa shape index (κ2) is 5.27. The third-order valence-corrected chi connectivity index (χ3v) is 2.15. The van der Waals surface area contributed by atoms with Gasteiger partial charge >= 0.3 is 0 Å². The third-order valence-electron chi connectivity index (χ3n) is 2.15. The van der Waals surface area contributed by atoms with E-state index in [4.69, 9.17) is 5.73 Å². The van der Waals surface area contributed by atoms with Crippen LogP contribution in [0.5, 0.6) is 0 Å². The number of hydrogen-bond acceptors (Lipinski definition) is 2. The van der Waals surface area contributed by atoms with Crippen LogP contribution >= 0.6 is 0 Å². The molecule has 0 atom stereocenters. The summed E-state index contributed by atoms with van der Waals surface area (Å²) in [7, 11) is 0. The van der Waals surface area contributed by atoms with Crippen molar-refractivity contribution in [1.82, 2.24) is 0 Å². The van der Waals surface area contributed by atoms with Crippen molar-refractivity contribution in [3.8, 4) is 0 Å². The van der Waals surface area contributed by atoms with E-state index in [1.807, 2.05) is 18.2 Å². The molecule has 0 fully saturated rings. The summed E-state index contributed by atoms with van der Waals surface area (Å²) < 4.78 is 0. The fraction of sp³-hybridized carbons (Fsp3) is 0.364. The van der Waals surface area contributed by atoms with Gasteiger partial charge in [0, 0.05) is 0 Å². The highest BCUT2D eigenvalue weighted by Gasteiger charge is 1.99. The summed E-state index contributed by atoms with van der Waals surface area (Å²) in [6.45, 7) is 2.16. The molecule has 0 bridgehead atoms. The van der Waals surface area contributed by atoms with Gasteiger partial charge < -0.3 is 11.1 Å². The highest BCUT2D eigenvalue weighted by molar-refractivity contribution is 5.79. The van der Waals surface area contributed by atoms with Crippen LogP contribution < -0.4 is 11.1 Å². The van der Waals surface area contributed by atoms with E-state index in [2.05, 4.69) is 12.2 Å². The van der Waals surface area contributed by atoms with Crippen molar-refractivity contribution in [2.45, 2.75) is 26.2 Å². The Kier molecular flexibility index (Phi) is 3.98. The van der Waals surface area contributed by atoms with Crippen molar-refractivity contribution in [3.63, 3.8) is 0 Å². The van der Waals surface area contributed by atoms with Crippen LogP contribution in [-0.4, -0.2) is 6.41 Å². The van der Waals surface area contributed by atoms with Crippen LogP contribution in [0.3, 0.4) is 0 Å². The Morgan fingerprint density at radius 2 is 2.29 bits per heavy atom. The van der Waals surface area contributed by atoms with Crippen LogP contribution in [0.2, 0.25) is 0 Å². The molecule has 0 aliphatic rings. The molecule has 0 saturated carbocycles. The molecule has 3 heteroatoms. The second-order valence-electron chi connectivity index (χ2n) is 3.29. The van der Waals surface area contributed by atoms with Crippen molar-refractivity contribution in [1.29, 1.82) is 0 Å². The lowest BCUT2D eigenvalue weighted by Gasteiger charge is -2.06. The first-order valence-electron chi connectivity index (χ1n) is 4.86. The summed E-state index contributed by atoms with van der Waals surface area (Å²) in [5, 5.41) is 2.55. The molecule has 0 saturated heterocycles. The van der Waals surface area contributed by atoms with Crippen LogP contribution in [0.25, 0.3) is 0 Å². The van der Waals surface area contributed by atoms with Gasteiger partial charge in [-0.25, -0.2) is 0 Å². The maximum atomic E-state index is 10.2. The van der Waals surface area contributed by atoms with Crippen molar-refractivity contribution in [3.05, 3.63) is 23.8 Å². The van der Waals surface area contributed by atoms with E-state index >= 15 is 0 Å². The molecule has 0 aromatic heterocycles. The Bertz CT molecular complexity index is 310. The number of anilines is 2. The van der Waals surface area contributed by atoms with Gasteiger partial charge in [0.25, 0.3) is 0 Å². The lowest BCUT2D eigenvalue weighted by molar-refractivity contribution is -0.105. The van der Waals surface area contributed by atoms with Gasteiger partial charge in [0.15, 0.2) is 0 Å². The van der Waals surface area contributed by atoms with Gasteiger partial charge in [0.1, 0.15) is 0 Å². The number of unbranched alkanes of at least 4 members (excludes halogenated alkanes) is 1. The topological polar surface area (TPSA) is 55.1 Å². The van der Waals surface area contributed by atoms with E-state index in [-0.39, 0.29) is 0 Å². The molecule has 3 nitrogen and oxygen atoms in total. The number of nitrogens with two attached hydrogens (primary N) is 1. The predicted molar refractivity (Wildman–Crippen MR) is 59.2 cm³/mol. The minimum Gasteiger partial charge on any atom is -0.397 e. The molecule has 1 aromatic carbocycles. The van der Waals surface area contributed by atoms with Gasteiger partial charge in [-0.3, -0.25) is 4.79 Å². The van der Waals surface area contributed by atoms with Gasteiger partial charge in [-0.2, -0.15) is 0 Å². The minimum atomic E-state index is 0.630. The SMILES string of the molecule is CCCCc1ccc(NC=O)c(N)c1. The molecule has 1 rings (SSSR count). The quantitative estimate of drug-likeness (QED) is 0.555. The molecule has 14 heavy (non-hydrogen) atoms. The van der Waals surface area contributed by atoms with Gasteiger partial charge in [-0.15, -0.1) is 0 Å². The molecule has 0 aliphatic carbocycles. The number of nitrogens with one attached hydrogen (secondary N) is 1. The molecule has 0 aliphatic heterocycles. The zero-order chi connectivity index (χ0) is 10.4. The maximum absolute atomic E-state index is 10.2. The number of rotatable bonds is 5. The fourth-order valence-electron chi connectivity index (χ4n) is 1.34. The van der Waals surface area contributed by atoms with E-state index in [1.54, 1.807) is 0 Å². The number of carbonyl (C=O) groups is 1. The standard InChI is InChI=1S/C11H16N2O/c1-2-3-4-9-5-6-11(13-8-14)10(12)7-9/h5-8H,2-4,12H2,1H3,(H,13,14). The molecule has 0 unspecified atom stereocenters. The van der Waals surface area contributed by atoms with Crippen LogP contribution in [0, 0.1) is 0 Å². The summed E-state index contributed by atoms with van der Waals surface area (Å²) in [5.74, 6) is 0. The highest BCUT2D eigenvalue weighted by atomic mass is 16.1. The molecule has 0 radical (unpaired) electrons. The summed E-state index contributed by atoms with van der Waals surface area (Å²) in [5.41, 5.74) is 8.29. The first-order chi connectivity index (χ1) is 6.77. The van der Waals surface area contributed by atoms with E-state index < -0.39 is 0 Å². The van der Waals surface area contributed by atoms with E-state index in [0.717, 1.165) is 6.42 Å². The van der Waals surface area contributed by atoms with E-state index in [1.165, 1.54) is 18.4 Å². The molecule has 76 valence electrons. The number of carbonyl (C=O) groups excluding carboxylic acids is 1. The average Bonchev–Trinajstić information content (AvgIpc) is 2.19. The van der Waals surface area contributed by atoms with Crippen LogP contribution in [0.1, 0.15) is 25.3 Å².